The number of ether oxygens (including phenoxy) is 1. The van der Waals surface area contributed by atoms with E-state index in [-0.39, 0.29) is 28.3 Å². The van der Waals surface area contributed by atoms with Crippen LogP contribution in [-0.2, 0) is 11.5 Å². The van der Waals surface area contributed by atoms with E-state index in [1.54, 1.807) is 0 Å². The van der Waals surface area contributed by atoms with Crippen molar-refractivity contribution >= 4 is 11.3 Å². The van der Waals surface area contributed by atoms with Gasteiger partial charge in [0.1, 0.15) is 17.3 Å². The normalized spacial score (nSPS) is 23.8. The maximum Gasteiger partial charge on any atom is 0.346 e. The first-order valence-corrected chi connectivity index (χ1v) is 7.73. The molecule has 2 aromatic carbocycles. The van der Waals surface area contributed by atoms with Gasteiger partial charge in [-0.3, -0.25) is 0 Å². The Balaban J connectivity index is 1.90. The van der Waals surface area contributed by atoms with Gasteiger partial charge in [0.2, 0.25) is 0 Å². The lowest BCUT2D eigenvalue weighted by molar-refractivity contribution is -0.283. The third-order valence-electron chi connectivity index (χ3n) is 4.87. The third kappa shape index (κ3) is 2.03. The van der Waals surface area contributed by atoms with Crippen molar-refractivity contribution in [3.05, 3.63) is 70.8 Å². The molecule has 0 fully saturated rings. The van der Waals surface area contributed by atoms with Crippen LogP contribution < -0.4 is 4.74 Å². The van der Waals surface area contributed by atoms with Gasteiger partial charge in [0.25, 0.3) is 0 Å². The van der Waals surface area contributed by atoms with E-state index in [1.807, 2.05) is 0 Å². The third-order valence-corrected chi connectivity index (χ3v) is 4.87. The van der Waals surface area contributed by atoms with Gasteiger partial charge in [-0.1, -0.05) is 6.58 Å². The molecule has 2 aromatic rings. The first kappa shape index (κ1) is 17.5. The van der Waals surface area contributed by atoms with E-state index in [1.165, 1.54) is 6.07 Å². The highest BCUT2D eigenvalue weighted by Gasteiger charge is 2.78. The predicted octanol–water partition coefficient (Wildman–Crippen LogP) is 5.51. The molecule has 0 spiro atoms. The largest absolute Gasteiger partial charge is 0.458 e. The van der Waals surface area contributed by atoms with Gasteiger partial charge in [0.15, 0.2) is 11.3 Å². The summed E-state index contributed by atoms with van der Waals surface area (Å²) in [6.45, 7) is 10.5. The molecule has 0 aromatic heterocycles. The number of rotatable bonds is 2. The number of hydrogen-bond donors (Lipinski definition) is 1. The molecule has 8 heteroatoms. The molecule has 4 rings (SSSR count). The molecule has 3 nitrogen and oxygen atoms in total. The highest BCUT2D eigenvalue weighted by Crippen LogP contribution is 2.68. The molecule has 0 bridgehead atoms. The minimum atomic E-state index is -4.72. The van der Waals surface area contributed by atoms with Gasteiger partial charge in [0, 0.05) is 29.2 Å². The molecular formula is C19H10F5NO2. The molecule has 138 valence electrons. The fraction of sp³-hybridized carbons (Fsp3) is 0.211. The first-order valence-electron chi connectivity index (χ1n) is 7.73. The van der Waals surface area contributed by atoms with Gasteiger partial charge in [0.05, 0.1) is 6.57 Å². The number of nitrogens with zero attached hydrogens (tertiary/aromatic N) is 1. The Morgan fingerprint density at radius 2 is 1.85 bits per heavy atom. The maximum atomic E-state index is 14.3. The van der Waals surface area contributed by atoms with E-state index in [9.17, 15) is 27.1 Å². The Morgan fingerprint density at radius 3 is 2.52 bits per heavy atom. The SMILES string of the molecule is [C-]#[N+]c1cc(F)cc(Oc2ccc3c4c2C(=C)C[C@]4(O)C(F)(F)C3(F)F)c1. The second-order valence-corrected chi connectivity index (χ2v) is 6.51. The Labute approximate surface area is 150 Å². The lowest BCUT2D eigenvalue weighted by Crippen LogP contribution is -2.47. The van der Waals surface area contributed by atoms with Crippen molar-refractivity contribution in [3.8, 4) is 11.5 Å². The van der Waals surface area contributed by atoms with Gasteiger partial charge >= 0.3 is 11.8 Å². The Kier molecular flexibility index (Phi) is 3.29. The van der Waals surface area contributed by atoms with Crippen molar-refractivity contribution in [2.24, 2.45) is 0 Å². The van der Waals surface area contributed by atoms with Crippen LogP contribution in [-0.4, -0.2) is 11.0 Å². The molecule has 0 heterocycles. The van der Waals surface area contributed by atoms with Gasteiger partial charge < -0.3 is 9.84 Å². The first-order chi connectivity index (χ1) is 12.5. The summed E-state index contributed by atoms with van der Waals surface area (Å²) in [6.07, 6.45) is -0.783. The Bertz CT molecular complexity index is 1060. The summed E-state index contributed by atoms with van der Waals surface area (Å²) in [5.74, 6) is -10.3. The summed E-state index contributed by atoms with van der Waals surface area (Å²) >= 11 is 0. The lowest BCUT2D eigenvalue weighted by Gasteiger charge is -2.30. The van der Waals surface area contributed by atoms with Crippen molar-refractivity contribution in [2.45, 2.75) is 23.9 Å². The minimum absolute atomic E-state index is 0.00123. The number of aliphatic hydroxyl groups is 1. The maximum absolute atomic E-state index is 14.3. The van der Waals surface area contributed by atoms with Crippen molar-refractivity contribution in [2.75, 3.05) is 0 Å². The van der Waals surface area contributed by atoms with Gasteiger partial charge in [-0.2, -0.15) is 17.6 Å². The topological polar surface area (TPSA) is 33.8 Å². The van der Waals surface area contributed by atoms with Gasteiger partial charge in [-0.15, -0.1) is 0 Å². The van der Waals surface area contributed by atoms with E-state index in [0.717, 1.165) is 24.3 Å². The smallest absolute Gasteiger partial charge is 0.346 e. The van der Waals surface area contributed by atoms with Crippen LogP contribution in [0, 0.1) is 12.4 Å². The molecule has 0 amide bonds. The second kappa shape index (κ2) is 5.08. The fourth-order valence-electron chi connectivity index (χ4n) is 3.69. The average molecular weight is 379 g/mol. The molecule has 0 saturated carbocycles. The number of halogens is 5. The van der Waals surface area contributed by atoms with Crippen LogP contribution in [0.25, 0.3) is 10.4 Å². The zero-order chi connectivity index (χ0) is 19.8. The summed E-state index contributed by atoms with van der Waals surface area (Å²) in [4.78, 5) is 3.08. The summed E-state index contributed by atoms with van der Waals surface area (Å²) in [5, 5.41) is 10.4. The quantitative estimate of drug-likeness (QED) is 0.551. The summed E-state index contributed by atoms with van der Waals surface area (Å²) in [6, 6.07) is 4.95. The molecule has 2 aliphatic rings. The van der Waals surface area contributed by atoms with Crippen LogP contribution in [0.1, 0.15) is 23.1 Å². The Morgan fingerprint density at radius 1 is 1.15 bits per heavy atom. The predicted molar refractivity (Wildman–Crippen MR) is 85.6 cm³/mol. The van der Waals surface area contributed by atoms with Crippen LogP contribution >= 0.6 is 0 Å². The average Bonchev–Trinajstić information content (AvgIpc) is 2.92. The molecule has 0 aliphatic heterocycles. The molecule has 1 atom stereocenters. The lowest BCUT2D eigenvalue weighted by atomic mass is 9.94. The van der Waals surface area contributed by atoms with E-state index in [0.29, 0.717) is 0 Å². The molecule has 27 heavy (non-hydrogen) atoms. The van der Waals surface area contributed by atoms with Gasteiger partial charge in [-0.25, -0.2) is 9.24 Å². The second-order valence-electron chi connectivity index (χ2n) is 6.51. The summed E-state index contributed by atoms with van der Waals surface area (Å²) in [7, 11) is 0. The van der Waals surface area contributed by atoms with Crippen LogP contribution in [0.15, 0.2) is 36.9 Å². The zero-order valence-corrected chi connectivity index (χ0v) is 13.5. The number of alkyl halides is 4. The van der Waals surface area contributed by atoms with E-state index in [4.69, 9.17) is 11.3 Å². The molecule has 2 aliphatic carbocycles. The number of hydrogen-bond acceptors (Lipinski definition) is 2. The zero-order valence-electron chi connectivity index (χ0n) is 13.5. The van der Waals surface area contributed by atoms with Crippen LogP contribution in [0.5, 0.6) is 11.5 Å². The molecular weight excluding hydrogens is 369 g/mol. The van der Waals surface area contributed by atoms with Crippen molar-refractivity contribution in [3.63, 3.8) is 0 Å². The van der Waals surface area contributed by atoms with E-state index in [2.05, 4.69) is 11.4 Å². The van der Waals surface area contributed by atoms with E-state index >= 15 is 0 Å². The van der Waals surface area contributed by atoms with Crippen LogP contribution in [0.2, 0.25) is 0 Å². The highest BCUT2D eigenvalue weighted by atomic mass is 19.3. The Hall–Kier alpha value is -2.92. The minimum Gasteiger partial charge on any atom is -0.458 e. The number of benzene rings is 2. The van der Waals surface area contributed by atoms with Crippen molar-refractivity contribution in [1.29, 1.82) is 0 Å². The fourth-order valence-corrected chi connectivity index (χ4v) is 3.69. The highest BCUT2D eigenvalue weighted by molar-refractivity contribution is 5.82. The van der Waals surface area contributed by atoms with Gasteiger partial charge in [-0.05, 0) is 29.8 Å². The molecule has 0 radical (unpaired) electrons. The van der Waals surface area contributed by atoms with Crippen LogP contribution in [0.4, 0.5) is 27.6 Å². The monoisotopic (exact) mass is 379 g/mol. The summed E-state index contributed by atoms with van der Waals surface area (Å²) < 4.78 is 76.1. The molecule has 0 saturated heterocycles. The van der Waals surface area contributed by atoms with E-state index < -0.39 is 40.8 Å². The molecule has 0 unspecified atom stereocenters. The van der Waals surface area contributed by atoms with Crippen LogP contribution in [0.3, 0.4) is 0 Å². The van der Waals surface area contributed by atoms with Crippen molar-refractivity contribution in [1.82, 2.24) is 0 Å². The standard InChI is InChI=1S/C19H10F5NO2/c1-9-8-17(26)16-13(18(21,22)19(17,23)24)3-4-14(15(9)16)27-12-6-10(20)5-11(7-12)25-2/h3-7,26H,1,8H2/t17-/m1/s1. The summed E-state index contributed by atoms with van der Waals surface area (Å²) in [5.41, 5.74) is -4.92. The van der Waals surface area contributed by atoms with Crippen molar-refractivity contribution < 1.29 is 31.8 Å². The molecule has 1 N–H and O–H groups in total.